The van der Waals surface area contributed by atoms with Crippen molar-refractivity contribution in [3.8, 4) is 0 Å². The quantitative estimate of drug-likeness (QED) is 0.795. The van der Waals surface area contributed by atoms with E-state index in [0.29, 0.717) is 0 Å². The van der Waals surface area contributed by atoms with Gasteiger partial charge in [-0.05, 0) is 24.2 Å². The summed E-state index contributed by atoms with van der Waals surface area (Å²) >= 11 is 0. The van der Waals surface area contributed by atoms with E-state index in [1.165, 1.54) is 5.56 Å². The van der Waals surface area contributed by atoms with Gasteiger partial charge < -0.3 is 5.32 Å². The van der Waals surface area contributed by atoms with Gasteiger partial charge in [0.05, 0.1) is 11.0 Å². The van der Waals surface area contributed by atoms with E-state index < -0.39 is 0 Å². The molecule has 3 heteroatoms. The van der Waals surface area contributed by atoms with Gasteiger partial charge in [-0.25, -0.2) is 0 Å². The Bertz CT molecular complexity index is 426. The molecule has 72 valence electrons. The Balaban J connectivity index is 2.32. The number of hydrogen-bond donors (Lipinski definition) is 1. The second-order valence-corrected chi connectivity index (χ2v) is 3.16. The average molecular weight is 187 g/mol. The van der Waals surface area contributed by atoms with Gasteiger partial charge in [0, 0.05) is 18.9 Å². The molecule has 1 aromatic carbocycles. The SMILES string of the molecule is CCNCc1ccc2nccnc2c1. The molecule has 0 saturated heterocycles. The Morgan fingerprint density at radius 2 is 1.93 bits per heavy atom. The van der Waals surface area contributed by atoms with Gasteiger partial charge in [-0.1, -0.05) is 13.0 Å². The summed E-state index contributed by atoms with van der Waals surface area (Å²) in [6, 6.07) is 6.17. The van der Waals surface area contributed by atoms with Crippen LogP contribution in [0, 0.1) is 0 Å². The van der Waals surface area contributed by atoms with Crippen LogP contribution in [0.3, 0.4) is 0 Å². The second-order valence-electron chi connectivity index (χ2n) is 3.16. The minimum absolute atomic E-state index is 0.892. The van der Waals surface area contributed by atoms with E-state index in [9.17, 15) is 0 Å². The highest BCUT2D eigenvalue weighted by Gasteiger charge is 1.96. The van der Waals surface area contributed by atoms with Crippen LogP contribution in [0.1, 0.15) is 12.5 Å². The Kier molecular flexibility index (Phi) is 2.70. The molecule has 1 aromatic heterocycles. The first-order chi connectivity index (χ1) is 6.90. The predicted molar refractivity (Wildman–Crippen MR) is 56.9 cm³/mol. The standard InChI is InChI=1S/C11H13N3/c1-2-12-8-9-3-4-10-11(7-9)14-6-5-13-10/h3-7,12H,2,8H2,1H3. The first kappa shape index (κ1) is 9.09. The van der Waals surface area contributed by atoms with Gasteiger partial charge in [0.2, 0.25) is 0 Å². The number of nitrogens with one attached hydrogen (secondary N) is 1. The van der Waals surface area contributed by atoms with E-state index in [0.717, 1.165) is 24.1 Å². The Labute approximate surface area is 83.2 Å². The van der Waals surface area contributed by atoms with E-state index >= 15 is 0 Å². The van der Waals surface area contributed by atoms with Gasteiger partial charge >= 0.3 is 0 Å². The van der Waals surface area contributed by atoms with E-state index in [1.807, 2.05) is 6.07 Å². The zero-order chi connectivity index (χ0) is 9.80. The molecule has 2 rings (SSSR count). The minimum Gasteiger partial charge on any atom is -0.313 e. The van der Waals surface area contributed by atoms with Crippen LogP contribution in [0.5, 0.6) is 0 Å². The molecule has 0 radical (unpaired) electrons. The van der Waals surface area contributed by atoms with Gasteiger partial charge in [-0.3, -0.25) is 9.97 Å². The maximum atomic E-state index is 4.26. The molecule has 0 saturated carbocycles. The second kappa shape index (κ2) is 4.15. The molecule has 0 bridgehead atoms. The summed E-state index contributed by atoms with van der Waals surface area (Å²) in [5, 5.41) is 3.28. The lowest BCUT2D eigenvalue weighted by molar-refractivity contribution is 0.727. The molecular formula is C11H13N3. The monoisotopic (exact) mass is 187 g/mol. The summed E-state index contributed by atoms with van der Waals surface area (Å²) in [7, 11) is 0. The fraction of sp³-hybridized carbons (Fsp3) is 0.273. The number of benzene rings is 1. The normalized spacial score (nSPS) is 10.6. The zero-order valence-electron chi connectivity index (χ0n) is 8.20. The molecule has 0 aliphatic heterocycles. The van der Waals surface area contributed by atoms with Gasteiger partial charge in [0.1, 0.15) is 0 Å². The van der Waals surface area contributed by atoms with Crippen molar-refractivity contribution in [3.63, 3.8) is 0 Å². The smallest absolute Gasteiger partial charge is 0.0890 e. The van der Waals surface area contributed by atoms with Crippen molar-refractivity contribution in [1.29, 1.82) is 0 Å². The Hall–Kier alpha value is -1.48. The summed E-state index contributed by atoms with van der Waals surface area (Å²) in [6.07, 6.45) is 3.44. The summed E-state index contributed by atoms with van der Waals surface area (Å²) in [6.45, 7) is 3.97. The molecule has 0 aliphatic rings. The molecule has 2 aromatic rings. The molecule has 0 atom stereocenters. The molecule has 14 heavy (non-hydrogen) atoms. The molecule has 0 aliphatic carbocycles. The van der Waals surface area contributed by atoms with Gasteiger partial charge in [-0.15, -0.1) is 0 Å². The number of aromatic nitrogens is 2. The van der Waals surface area contributed by atoms with Crippen LogP contribution in [0.25, 0.3) is 11.0 Å². The lowest BCUT2D eigenvalue weighted by Crippen LogP contribution is -2.11. The lowest BCUT2D eigenvalue weighted by Gasteiger charge is -2.02. The van der Waals surface area contributed by atoms with Crippen LogP contribution in [0.15, 0.2) is 30.6 Å². The average Bonchev–Trinajstić information content (AvgIpc) is 2.26. The maximum absolute atomic E-state index is 4.26. The highest BCUT2D eigenvalue weighted by atomic mass is 14.8. The minimum atomic E-state index is 0.892. The topological polar surface area (TPSA) is 37.8 Å². The summed E-state index contributed by atoms with van der Waals surface area (Å²) in [5.74, 6) is 0. The first-order valence-corrected chi connectivity index (χ1v) is 4.80. The van der Waals surface area contributed by atoms with Gasteiger partial charge in [0.15, 0.2) is 0 Å². The third kappa shape index (κ3) is 1.88. The Morgan fingerprint density at radius 3 is 2.71 bits per heavy atom. The molecule has 0 amide bonds. The van der Waals surface area contributed by atoms with E-state index in [1.54, 1.807) is 12.4 Å². The van der Waals surface area contributed by atoms with Crippen molar-refractivity contribution in [1.82, 2.24) is 15.3 Å². The fourth-order valence-corrected chi connectivity index (χ4v) is 1.39. The molecule has 1 N–H and O–H groups in total. The predicted octanol–water partition coefficient (Wildman–Crippen LogP) is 1.74. The van der Waals surface area contributed by atoms with Crippen molar-refractivity contribution in [2.75, 3.05) is 6.54 Å². The van der Waals surface area contributed by atoms with Crippen molar-refractivity contribution in [2.45, 2.75) is 13.5 Å². The third-order valence-electron chi connectivity index (χ3n) is 2.11. The summed E-state index contributed by atoms with van der Waals surface area (Å²) < 4.78 is 0. The van der Waals surface area contributed by atoms with Crippen LogP contribution < -0.4 is 5.32 Å². The van der Waals surface area contributed by atoms with E-state index in [2.05, 4.69) is 34.3 Å². The van der Waals surface area contributed by atoms with E-state index in [4.69, 9.17) is 0 Å². The van der Waals surface area contributed by atoms with Crippen molar-refractivity contribution < 1.29 is 0 Å². The van der Waals surface area contributed by atoms with Crippen LogP contribution in [-0.4, -0.2) is 16.5 Å². The number of rotatable bonds is 3. The van der Waals surface area contributed by atoms with Crippen LogP contribution in [0.2, 0.25) is 0 Å². The molecular weight excluding hydrogens is 174 g/mol. The number of fused-ring (bicyclic) bond motifs is 1. The van der Waals surface area contributed by atoms with Crippen LogP contribution >= 0.6 is 0 Å². The Morgan fingerprint density at radius 1 is 1.14 bits per heavy atom. The largest absolute Gasteiger partial charge is 0.313 e. The highest BCUT2D eigenvalue weighted by Crippen LogP contribution is 2.10. The lowest BCUT2D eigenvalue weighted by atomic mass is 10.2. The number of hydrogen-bond acceptors (Lipinski definition) is 3. The summed E-state index contributed by atoms with van der Waals surface area (Å²) in [5.41, 5.74) is 3.16. The third-order valence-corrected chi connectivity index (χ3v) is 2.11. The summed E-state index contributed by atoms with van der Waals surface area (Å²) in [4.78, 5) is 8.48. The van der Waals surface area contributed by atoms with Crippen molar-refractivity contribution in [2.24, 2.45) is 0 Å². The van der Waals surface area contributed by atoms with E-state index in [-0.39, 0.29) is 0 Å². The van der Waals surface area contributed by atoms with Crippen molar-refractivity contribution in [3.05, 3.63) is 36.2 Å². The molecule has 1 heterocycles. The molecule has 3 nitrogen and oxygen atoms in total. The zero-order valence-corrected chi connectivity index (χ0v) is 8.20. The first-order valence-electron chi connectivity index (χ1n) is 4.80. The van der Waals surface area contributed by atoms with Crippen LogP contribution in [0.4, 0.5) is 0 Å². The van der Waals surface area contributed by atoms with Crippen LogP contribution in [-0.2, 0) is 6.54 Å². The van der Waals surface area contributed by atoms with Crippen molar-refractivity contribution >= 4 is 11.0 Å². The van der Waals surface area contributed by atoms with Gasteiger partial charge in [-0.2, -0.15) is 0 Å². The molecule has 0 unspecified atom stereocenters. The molecule has 0 spiro atoms. The van der Waals surface area contributed by atoms with Gasteiger partial charge in [0.25, 0.3) is 0 Å². The molecule has 0 fully saturated rings. The fourth-order valence-electron chi connectivity index (χ4n) is 1.39. The highest BCUT2D eigenvalue weighted by molar-refractivity contribution is 5.74. The maximum Gasteiger partial charge on any atom is 0.0890 e. The number of nitrogens with zero attached hydrogens (tertiary/aromatic N) is 2.